The second-order valence-corrected chi connectivity index (χ2v) is 7.18. The van der Waals surface area contributed by atoms with Gasteiger partial charge in [-0.2, -0.15) is 0 Å². The lowest BCUT2D eigenvalue weighted by molar-refractivity contribution is 0.148. The summed E-state index contributed by atoms with van der Waals surface area (Å²) in [6.07, 6.45) is 3.96. The summed E-state index contributed by atoms with van der Waals surface area (Å²) in [5, 5.41) is 15.0. The van der Waals surface area contributed by atoms with E-state index in [9.17, 15) is 9.90 Å². The number of carbonyl (C=O) groups is 1. The van der Waals surface area contributed by atoms with Crippen LogP contribution in [-0.4, -0.2) is 37.9 Å². The summed E-state index contributed by atoms with van der Waals surface area (Å²) in [6, 6.07) is 5.93. The number of aryl methyl sites for hydroxylation is 1. The Bertz CT molecular complexity index is 543. The van der Waals surface area contributed by atoms with Crippen molar-refractivity contribution in [2.75, 3.05) is 37.0 Å². The Morgan fingerprint density at radius 2 is 2.17 bits per heavy atom. The average molecular weight is 319 g/mol. The largest absolute Gasteiger partial charge is 0.396 e. The molecule has 0 radical (unpaired) electrons. The monoisotopic (exact) mass is 319 g/mol. The van der Waals surface area contributed by atoms with Crippen LogP contribution in [0.15, 0.2) is 18.2 Å². The number of aliphatic hydroxyl groups excluding tert-OH is 1. The van der Waals surface area contributed by atoms with Gasteiger partial charge in [0.15, 0.2) is 0 Å². The van der Waals surface area contributed by atoms with Gasteiger partial charge in [-0.05, 0) is 54.9 Å². The third-order valence-electron chi connectivity index (χ3n) is 4.43. The Hall–Kier alpha value is -1.75. The number of amides is 2. The fourth-order valence-electron chi connectivity index (χ4n) is 2.89. The number of nitrogens with one attached hydrogen (secondary N) is 2. The van der Waals surface area contributed by atoms with Crippen LogP contribution in [0, 0.1) is 5.41 Å². The SMILES string of the molecule is CN1CCCc2cc(NC(=O)NCCCC(C)(C)CO)ccc21. The van der Waals surface area contributed by atoms with Crippen LogP contribution in [0.2, 0.25) is 0 Å². The predicted molar refractivity (Wildman–Crippen MR) is 95.2 cm³/mol. The first-order chi connectivity index (χ1) is 10.9. The van der Waals surface area contributed by atoms with Crippen molar-refractivity contribution in [2.24, 2.45) is 5.41 Å². The number of aliphatic hydroxyl groups is 1. The minimum atomic E-state index is -0.170. The normalized spacial score (nSPS) is 14.3. The van der Waals surface area contributed by atoms with E-state index < -0.39 is 0 Å². The standard InChI is InChI=1S/C18H29N3O2/c1-18(2,13-22)9-5-10-19-17(23)20-15-7-8-16-14(12-15)6-4-11-21(16)3/h7-8,12,22H,4-6,9-11,13H2,1-3H3,(H2,19,20,23). The number of fused-ring (bicyclic) bond motifs is 1. The third-order valence-corrected chi connectivity index (χ3v) is 4.43. The van der Waals surface area contributed by atoms with Gasteiger partial charge in [-0.1, -0.05) is 13.8 Å². The van der Waals surface area contributed by atoms with Crippen LogP contribution in [0.4, 0.5) is 16.2 Å². The van der Waals surface area contributed by atoms with Gasteiger partial charge in [0.1, 0.15) is 0 Å². The molecule has 5 nitrogen and oxygen atoms in total. The van der Waals surface area contributed by atoms with E-state index in [1.165, 1.54) is 11.3 Å². The molecule has 5 heteroatoms. The zero-order valence-electron chi connectivity index (χ0n) is 14.5. The molecular weight excluding hydrogens is 290 g/mol. The lowest BCUT2D eigenvalue weighted by Gasteiger charge is -2.27. The molecule has 1 aliphatic heterocycles. The summed E-state index contributed by atoms with van der Waals surface area (Å²) in [4.78, 5) is 14.2. The summed E-state index contributed by atoms with van der Waals surface area (Å²) in [5.74, 6) is 0. The van der Waals surface area contributed by atoms with Gasteiger partial charge in [-0.3, -0.25) is 0 Å². The van der Waals surface area contributed by atoms with Gasteiger partial charge in [0.05, 0.1) is 0 Å². The van der Waals surface area contributed by atoms with Crippen molar-refractivity contribution in [1.82, 2.24) is 5.32 Å². The van der Waals surface area contributed by atoms with E-state index in [2.05, 4.69) is 34.7 Å². The minimum absolute atomic E-state index is 0.0807. The zero-order valence-corrected chi connectivity index (χ0v) is 14.5. The molecule has 1 aromatic rings. The van der Waals surface area contributed by atoms with Crippen molar-refractivity contribution in [2.45, 2.75) is 39.5 Å². The van der Waals surface area contributed by atoms with Crippen molar-refractivity contribution < 1.29 is 9.90 Å². The van der Waals surface area contributed by atoms with Crippen molar-refractivity contribution >= 4 is 17.4 Å². The highest BCUT2D eigenvalue weighted by Crippen LogP contribution is 2.28. The summed E-state index contributed by atoms with van der Waals surface area (Å²) >= 11 is 0. The second-order valence-electron chi connectivity index (χ2n) is 7.18. The molecule has 0 aliphatic carbocycles. The number of anilines is 2. The van der Waals surface area contributed by atoms with E-state index in [-0.39, 0.29) is 18.1 Å². The molecule has 128 valence electrons. The molecular formula is C18H29N3O2. The number of benzene rings is 1. The summed E-state index contributed by atoms with van der Waals surface area (Å²) in [6.45, 7) is 5.92. The van der Waals surface area contributed by atoms with Crippen LogP contribution in [-0.2, 0) is 6.42 Å². The van der Waals surface area contributed by atoms with E-state index in [0.717, 1.165) is 37.9 Å². The molecule has 1 aromatic carbocycles. The van der Waals surface area contributed by atoms with Gasteiger partial charge >= 0.3 is 6.03 Å². The van der Waals surface area contributed by atoms with Gasteiger partial charge < -0.3 is 20.6 Å². The maximum absolute atomic E-state index is 12.0. The number of rotatable bonds is 6. The molecule has 0 fully saturated rings. The van der Waals surface area contributed by atoms with Gasteiger partial charge in [-0.15, -0.1) is 0 Å². The maximum Gasteiger partial charge on any atom is 0.319 e. The lowest BCUT2D eigenvalue weighted by Crippen LogP contribution is -2.30. The first-order valence-corrected chi connectivity index (χ1v) is 8.41. The van der Waals surface area contributed by atoms with E-state index in [1.807, 2.05) is 19.9 Å². The predicted octanol–water partition coefficient (Wildman–Crippen LogP) is 2.99. The van der Waals surface area contributed by atoms with Crippen LogP contribution >= 0.6 is 0 Å². The Morgan fingerprint density at radius 1 is 1.39 bits per heavy atom. The zero-order chi connectivity index (χ0) is 16.9. The average Bonchev–Trinajstić information content (AvgIpc) is 2.52. The number of urea groups is 1. The Morgan fingerprint density at radius 3 is 2.91 bits per heavy atom. The van der Waals surface area contributed by atoms with E-state index >= 15 is 0 Å². The molecule has 0 aromatic heterocycles. The molecule has 2 rings (SSSR count). The van der Waals surface area contributed by atoms with Crippen LogP contribution in [0.25, 0.3) is 0 Å². The molecule has 0 saturated carbocycles. The second kappa shape index (κ2) is 7.68. The molecule has 0 saturated heterocycles. The van der Waals surface area contributed by atoms with Crippen molar-refractivity contribution in [3.8, 4) is 0 Å². The molecule has 2 amide bonds. The third kappa shape index (κ3) is 5.13. The molecule has 3 N–H and O–H groups in total. The van der Waals surface area contributed by atoms with Crippen LogP contribution in [0.5, 0.6) is 0 Å². The number of nitrogens with zero attached hydrogens (tertiary/aromatic N) is 1. The van der Waals surface area contributed by atoms with Crippen LogP contribution < -0.4 is 15.5 Å². The first kappa shape index (κ1) is 17.6. The van der Waals surface area contributed by atoms with Gasteiger partial charge in [0.25, 0.3) is 0 Å². The number of hydrogen-bond donors (Lipinski definition) is 3. The highest BCUT2D eigenvalue weighted by atomic mass is 16.3. The number of hydrogen-bond acceptors (Lipinski definition) is 3. The molecule has 1 aliphatic rings. The quantitative estimate of drug-likeness (QED) is 0.706. The van der Waals surface area contributed by atoms with Crippen LogP contribution in [0.3, 0.4) is 0 Å². The first-order valence-electron chi connectivity index (χ1n) is 8.41. The molecule has 0 bridgehead atoms. The van der Waals surface area contributed by atoms with Gasteiger partial charge in [-0.25, -0.2) is 4.79 Å². The van der Waals surface area contributed by atoms with Crippen molar-refractivity contribution in [3.63, 3.8) is 0 Å². The minimum Gasteiger partial charge on any atom is -0.396 e. The Labute approximate surface area is 139 Å². The van der Waals surface area contributed by atoms with E-state index in [0.29, 0.717) is 6.54 Å². The van der Waals surface area contributed by atoms with Gasteiger partial charge in [0.2, 0.25) is 0 Å². The summed E-state index contributed by atoms with van der Waals surface area (Å²) in [7, 11) is 2.10. The molecule has 0 unspecified atom stereocenters. The fourth-order valence-corrected chi connectivity index (χ4v) is 2.89. The van der Waals surface area contributed by atoms with Crippen molar-refractivity contribution in [1.29, 1.82) is 0 Å². The molecule has 0 spiro atoms. The van der Waals surface area contributed by atoms with E-state index in [4.69, 9.17) is 0 Å². The van der Waals surface area contributed by atoms with Gasteiger partial charge in [0, 0.05) is 38.1 Å². The lowest BCUT2D eigenvalue weighted by atomic mass is 9.89. The van der Waals surface area contributed by atoms with E-state index in [1.54, 1.807) is 0 Å². The summed E-state index contributed by atoms with van der Waals surface area (Å²) in [5.41, 5.74) is 3.31. The topological polar surface area (TPSA) is 64.6 Å². The molecule has 1 heterocycles. The highest BCUT2D eigenvalue weighted by molar-refractivity contribution is 5.89. The van der Waals surface area contributed by atoms with Crippen molar-refractivity contribution in [3.05, 3.63) is 23.8 Å². The Kier molecular flexibility index (Phi) is 5.88. The highest BCUT2D eigenvalue weighted by Gasteiger charge is 2.16. The fraction of sp³-hybridized carbons (Fsp3) is 0.611. The molecule has 0 atom stereocenters. The Balaban J connectivity index is 1.79. The maximum atomic E-state index is 12.0. The number of carbonyl (C=O) groups excluding carboxylic acids is 1. The summed E-state index contributed by atoms with van der Waals surface area (Å²) < 4.78 is 0. The van der Waals surface area contributed by atoms with Crippen LogP contribution in [0.1, 0.15) is 38.7 Å². The smallest absolute Gasteiger partial charge is 0.319 e. The molecule has 23 heavy (non-hydrogen) atoms.